The van der Waals surface area contributed by atoms with Crippen LogP contribution < -0.4 is 4.84 Å². The summed E-state index contributed by atoms with van der Waals surface area (Å²) < 4.78 is 6.34. The van der Waals surface area contributed by atoms with E-state index in [1.807, 2.05) is 73.5 Å². The normalized spacial score (nSPS) is 12.3. The Morgan fingerprint density at radius 2 is 1.47 bits per heavy atom. The maximum absolute atomic E-state index is 5.69. The zero-order valence-electron chi connectivity index (χ0n) is 13.0. The first-order valence-corrected chi connectivity index (χ1v) is 7.79. The summed E-state index contributed by atoms with van der Waals surface area (Å²) in [5, 5.41) is 0. The van der Waals surface area contributed by atoms with Crippen LogP contribution in [0.4, 0.5) is 0 Å². The van der Waals surface area contributed by atoms with Crippen LogP contribution in [0.5, 0.6) is 5.75 Å². The van der Waals surface area contributed by atoms with Gasteiger partial charge in [-0.15, -0.1) is 0 Å². The Kier molecular flexibility index (Phi) is 5.56. The van der Waals surface area contributed by atoms with Crippen LogP contribution >= 0.6 is 7.51 Å². The van der Waals surface area contributed by atoms with Crippen LogP contribution in [-0.4, -0.2) is 56.3 Å². The summed E-state index contributed by atoms with van der Waals surface area (Å²) in [5.74, 6) is 0.773. The third kappa shape index (κ3) is 3.57. The third-order valence-electron chi connectivity index (χ3n) is 2.86. The van der Waals surface area contributed by atoms with Gasteiger partial charge in [-0.1, -0.05) is 17.0 Å². The summed E-state index contributed by atoms with van der Waals surface area (Å²) in [6, 6.07) is 7.92. The molecule has 0 radical (unpaired) electrons. The maximum atomic E-state index is 5.69. The van der Waals surface area contributed by atoms with Crippen molar-refractivity contribution in [2.24, 2.45) is 4.91 Å². The number of aryl methyl sites for hydroxylation is 1. The predicted molar refractivity (Wildman–Crippen MR) is 82.2 cm³/mol. The molecule has 0 spiro atoms. The molecular weight excluding hydrogens is 259 g/mol. The highest BCUT2D eigenvalue weighted by molar-refractivity contribution is 7.58. The van der Waals surface area contributed by atoms with Gasteiger partial charge in [-0.25, -0.2) is 14.0 Å². The lowest BCUT2D eigenvalue weighted by atomic mass is 10.2. The van der Waals surface area contributed by atoms with Gasteiger partial charge in [0.05, 0.1) is 0 Å². The molecule has 0 bridgehead atoms. The lowest BCUT2D eigenvalue weighted by Gasteiger charge is -2.39. The topological polar surface area (TPSA) is 31.3 Å². The van der Waals surface area contributed by atoms with Crippen molar-refractivity contribution in [2.75, 3.05) is 42.3 Å². The zero-order chi connectivity index (χ0) is 14.6. The lowest BCUT2D eigenvalue weighted by molar-refractivity contribution is 0.324. The molecule has 1 aromatic rings. The second-order valence-corrected chi connectivity index (χ2v) is 8.70. The Balaban J connectivity index is 3.15. The molecule has 0 aliphatic carbocycles. The molecule has 0 aliphatic heterocycles. The van der Waals surface area contributed by atoms with E-state index in [0.29, 0.717) is 0 Å². The molecule has 0 N–H and O–H groups in total. The SMILES string of the molecule is Cc1cccc(ON=P(N(C)C)(N(C)C)N(C)C)c1. The minimum absolute atomic E-state index is 0.773. The van der Waals surface area contributed by atoms with Gasteiger partial charge in [0, 0.05) is 0 Å². The zero-order valence-corrected chi connectivity index (χ0v) is 13.8. The number of rotatable bonds is 5. The van der Waals surface area contributed by atoms with Gasteiger partial charge in [0.1, 0.15) is 0 Å². The van der Waals surface area contributed by atoms with Crippen molar-refractivity contribution in [3.63, 3.8) is 0 Å². The van der Waals surface area contributed by atoms with Crippen LogP contribution in [0.2, 0.25) is 0 Å². The van der Waals surface area contributed by atoms with Gasteiger partial charge in [-0.2, -0.15) is 0 Å². The van der Waals surface area contributed by atoms with Crippen LogP contribution in [0, 0.1) is 6.92 Å². The Hall–Kier alpha value is -0.870. The van der Waals surface area contributed by atoms with Gasteiger partial charge in [0.15, 0.2) is 5.75 Å². The molecule has 0 unspecified atom stereocenters. The van der Waals surface area contributed by atoms with Crippen molar-refractivity contribution >= 4 is 7.51 Å². The third-order valence-corrected chi connectivity index (χ3v) is 6.38. The molecule has 1 rings (SSSR count). The van der Waals surface area contributed by atoms with Crippen molar-refractivity contribution in [3.05, 3.63) is 29.8 Å². The average molecular weight is 284 g/mol. The van der Waals surface area contributed by atoms with Crippen LogP contribution in [0.1, 0.15) is 5.56 Å². The summed E-state index contributed by atoms with van der Waals surface area (Å²) in [5.41, 5.74) is 1.16. The molecule has 0 amide bonds. The molecule has 0 atom stereocenters. The molecule has 6 heteroatoms. The van der Waals surface area contributed by atoms with Crippen LogP contribution in [0.15, 0.2) is 29.2 Å². The second kappa shape index (κ2) is 6.53. The fraction of sp³-hybridized carbons (Fsp3) is 0.538. The number of nitrogens with zero attached hydrogens (tertiary/aromatic N) is 4. The van der Waals surface area contributed by atoms with Gasteiger partial charge in [0.2, 0.25) is 7.51 Å². The summed E-state index contributed by atoms with van der Waals surface area (Å²) in [6.45, 7) is 2.04. The molecule has 0 aliphatic rings. The molecular formula is C13H25N4OP. The minimum atomic E-state index is -1.99. The van der Waals surface area contributed by atoms with Gasteiger partial charge in [-0.05, 0) is 66.9 Å². The number of hydrogen-bond donors (Lipinski definition) is 0. The average Bonchev–Trinajstić information content (AvgIpc) is 2.28. The summed E-state index contributed by atoms with van der Waals surface area (Å²) in [4.78, 5) is 10.2. The van der Waals surface area contributed by atoms with Crippen LogP contribution in [0.25, 0.3) is 0 Å². The molecule has 0 saturated heterocycles. The van der Waals surface area contributed by atoms with Crippen molar-refractivity contribution < 1.29 is 4.84 Å². The molecule has 5 nitrogen and oxygen atoms in total. The van der Waals surface area contributed by atoms with E-state index in [2.05, 4.69) is 18.9 Å². The Morgan fingerprint density at radius 1 is 0.947 bits per heavy atom. The van der Waals surface area contributed by atoms with E-state index in [1.54, 1.807) is 0 Å². The monoisotopic (exact) mass is 284 g/mol. The predicted octanol–water partition coefficient (Wildman–Crippen LogP) is 2.92. The Labute approximate surface area is 116 Å². The Bertz CT molecular complexity index is 443. The van der Waals surface area contributed by atoms with E-state index in [-0.39, 0.29) is 0 Å². The summed E-state index contributed by atoms with van der Waals surface area (Å²) in [6.07, 6.45) is 0. The number of hydrogen-bond acceptors (Lipinski definition) is 2. The maximum Gasteiger partial charge on any atom is 0.210 e. The van der Waals surface area contributed by atoms with Gasteiger partial charge >= 0.3 is 0 Å². The largest absolute Gasteiger partial charge is 0.355 e. The van der Waals surface area contributed by atoms with Crippen LogP contribution in [0.3, 0.4) is 0 Å². The van der Waals surface area contributed by atoms with Crippen molar-refractivity contribution in [3.8, 4) is 5.75 Å². The van der Waals surface area contributed by atoms with Gasteiger partial charge in [0.25, 0.3) is 0 Å². The van der Waals surface area contributed by atoms with Crippen molar-refractivity contribution in [1.29, 1.82) is 0 Å². The molecule has 1 aromatic carbocycles. The highest BCUT2D eigenvalue weighted by atomic mass is 31.2. The van der Waals surface area contributed by atoms with E-state index in [4.69, 9.17) is 4.84 Å². The molecule has 19 heavy (non-hydrogen) atoms. The van der Waals surface area contributed by atoms with E-state index >= 15 is 0 Å². The summed E-state index contributed by atoms with van der Waals surface area (Å²) >= 11 is 0. The fourth-order valence-corrected chi connectivity index (χ4v) is 4.86. The van der Waals surface area contributed by atoms with Crippen molar-refractivity contribution in [2.45, 2.75) is 6.92 Å². The Morgan fingerprint density at radius 3 is 1.89 bits per heavy atom. The second-order valence-electron chi connectivity index (χ2n) is 5.07. The van der Waals surface area contributed by atoms with E-state index in [1.165, 1.54) is 0 Å². The van der Waals surface area contributed by atoms with Crippen LogP contribution in [-0.2, 0) is 0 Å². The smallest absolute Gasteiger partial charge is 0.210 e. The minimum Gasteiger partial charge on any atom is -0.355 e. The highest BCUT2D eigenvalue weighted by Crippen LogP contribution is 2.54. The van der Waals surface area contributed by atoms with E-state index < -0.39 is 7.51 Å². The summed E-state index contributed by atoms with van der Waals surface area (Å²) in [7, 11) is 10.2. The quantitative estimate of drug-likeness (QED) is 0.614. The first kappa shape index (κ1) is 16.2. The van der Waals surface area contributed by atoms with E-state index in [9.17, 15) is 0 Å². The molecule has 108 valence electrons. The fourth-order valence-electron chi connectivity index (χ4n) is 2.07. The highest BCUT2D eigenvalue weighted by Gasteiger charge is 2.29. The molecule has 0 fully saturated rings. The first-order valence-electron chi connectivity index (χ1n) is 6.19. The van der Waals surface area contributed by atoms with Crippen molar-refractivity contribution in [1.82, 2.24) is 14.0 Å². The van der Waals surface area contributed by atoms with Gasteiger partial charge in [-0.3, -0.25) is 0 Å². The lowest BCUT2D eigenvalue weighted by Crippen LogP contribution is -2.31. The molecule has 0 heterocycles. The number of benzene rings is 1. The molecule has 0 saturated carbocycles. The first-order chi connectivity index (χ1) is 8.80. The standard InChI is InChI=1S/C13H25N4OP/c1-12-9-8-10-13(11-12)18-14-19(15(2)3,16(4)5)17(6)7/h8-11H,1-7H3. The van der Waals surface area contributed by atoms with Gasteiger partial charge < -0.3 is 4.84 Å². The van der Waals surface area contributed by atoms with E-state index in [0.717, 1.165) is 11.3 Å². The molecule has 0 aromatic heterocycles.